The van der Waals surface area contributed by atoms with Gasteiger partial charge in [0.2, 0.25) is 0 Å². The summed E-state index contributed by atoms with van der Waals surface area (Å²) in [5, 5.41) is 3.81. The molecular weight excluding hydrogens is 431 g/mol. The third kappa shape index (κ3) is 4.19. The Bertz CT molecular complexity index is 1120. The molecule has 32 heavy (non-hydrogen) atoms. The molecular formula is C24H26ClFN4O2. The van der Waals surface area contributed by atoms with Crippen molar-refractivity contribution in [2.45, 2.75) is 44.2 Å². The van der Waals surface area contributed by atoms with Gasteiger partial charge in [-0.3, -0.25) is 0 Å². The van der Waals surface area contributed by atoms with Gasteiger partial charge in [-0.2, -0.15) is 0 Å². The first-order valence-electron chi connectivity index (χ1n) is 11.1. The lowest BCUT2D eigenvalue weighted by molar-refractivity contribution is 0.0528. The van der Waals surface area contributed by atoms with Crippen LogP contribution in [0.5, 0.6) is 11.5 Å². The Morgan fingerprint density at radius 2 is 1.91 bits per heavy atom. The zero-order valence-electron chi connectivity index (χ0n) is 18.0. The number of anilines is 2. The van der Waals surface area contributed by atoms with E-state index in [-0.39, 0.29) is 16.8 Å². The van der Waals surface area contributed by atoms with Gasteiger partial charge >= 0.3 is 0 Å². The van der Waals surface area contributed by atoms with E-state index in [2.05, 4.69) is 20.2 Å². The second-order valence-corrected chi connectivity index (χ2v) is 8.81. The van der Waals surface area contributed by atoms with Gasteiger partial charge in [0.1, 0.15) is 12.1 Å². The van der Waals surface area contributed by atoms with Crippen molar-refractivity contribution in [2.24, 2.45) is 0 Å². The second-order valence-electron chi connectivity index (χ2n) is 8.41. The van der Waals surface area contributed by atoms with Gasteiger partial charge in [0.15, 0.2) is 17.3 Å². The molecule has 6 nitrogen and oxygen atoms in total. The monoisotopic (exact) mass is 456 g/mol. The predicted octanol–water partition coefficient (Wildman–Crippen LogP) is 5.57. The van der Waals surface area contributed by atoms with Crippen molar-refractivity contribution in [3.63, 3.8) is 0 Å². The molecule has 1 aliphatic heterocycles. The van der Waals surface area contributed by atoms with Crippen LogP contribution in [0.3, 0.4) is 0 Å². The number of fused-ring (bicyclic) bond motifs is 1. The first-order chi connectivity index (χ1) is 15.6. The number of rotatable bonds is 6. The third-order valence-electron chi connectivity index (χ3n) is 6.47. The molecule has 2 aromatic carbocycles. The molecule has 8 heteroatoms. The summed E-state index contributed by atoms with van der Waals surface area (Å²) in [6.45, 7) is 2.47. The minimum absolute atomic E-state index is 0.0490. The van der Waals surface area contributed by atoms with E-state index in [0.717, 1.165) is 31.1 Å². The highest BCUT2D eigenvalue weighted by Gasteiger charge is 2.30. The molecule has 5 rings (SSSR count). The van der Waals surface area contributed by atoms with E-state index < -0.39 is 5.82 Å². The number of hydrogen-bond acceptors (Lipinski definition) is 6. The maximum absolute atomic E-state index is 14.4. The Hall–Kier alpha value is -2.64. The Labute approximate surface area is 191 Å². The summed E-state index contributed by atoms with van der Waals surface area (Å²) in [5.74, 6) is 1.23. The number of methoxy groups -OCH3 is 1. The van der Waals surface area contributed by atoms with E-state index in [9.17, 15) is 4.39 Å². The second kappa shape index (κ2) is 9.08. The average molecular weight is 457 g/mol. The number of hydrogen-bond donors (Lipinski definition) is 1. The third-order valence-corrected chi connectivity index (χ3v) is 6.76. The highest BCUT2D eigenvalue weighted by atomic mass is 35.5. The smallest absolute Gasteiger partial charge is 0.165 e. The molecule has 2 heterocycles. The highest BCUT2D eigenvalue weighted by Crippen LogP contribution is 2.38. The lowest BCUT2D eigenvalue weighted by Crippen LogP contribution is -2.47. The summed E-state index contributed by atoms with van der Waals surface area (Å²) in [6.07, 6.45) is 7.26. The summed E-state index contributed by atoms with van der Waals surface area (Å²) < 4.78 is 26.4. The van der Waals surface area contributed by atoms with Crippen LogP contribution in [0.4, 0.5) is 15.9 Å². The van der Waals surface area contributed by atoms with Crippen molar-refractivity contribution < 1.29 is 13.9 Å². The van der Waals surface area contributed by atoms with Crippen LogP contribution in [-0.4, -0.2) is 47.2 Å². The quantitative estimate of drug-likeness (QED) is 0.523. The van der Waals surface area contributed by atoms with Crippen LogP contribution in [0.2, 0.25) is 5.02 Å². The van der Waals surface area contributed by atoms with Crippen LogP contribution < -0.4 is 14.8 Å². The minimum atomic E-state index is -0.523. The van der Waals surface area contributed by atoms with Crippen molar-refractivity contribution in [3.8, 4) is 11.5 Å². The lowest BCUT2D eigenvalue weighted by atomic mass is 9.90. The van der Waals surface area contributed by atoms with Crippen LogP contribution in [0.15, 0.2) is 36.7 Å². The minimum Gasteiger partial charge on any atom is -0.493 e. The Morgan fingerprint density at radius 1 is 1.09 bits per heavy atom. The standard InChI is InChI=1S/C24H26ClFN4O2/c1-31-21-13-20-17(24(28-14-27-20)29-19-5-2-4-18(25)23(19)26)12-22(21)32-16-8-6-15(7-9-16)30-10-3-11-30/h2,4-5,12-16H,3,6-11H2,1H3,(H,27,28,29)/t15-,16+. The van der Waals surface area contributed by atoms with Crippen LogP contribution in [-0.2, 0) is 0 Å². The molecule has 1 N–H and O–H groups in total. The summed E-state index contributed by atoms with van der Waals surface area (Å²) in [4.78, 5) is 11.3. The van der Waals surface area contributed by atoms with Crippen LogP contribution in [0.25, 0.3) is 10.9 Å². The molecule has 0 unspecified atom stereocenters. The van der Waals surface area contributed by atoms with E-state index in [4.69, 9.17) is 21.1 Å². The number of nitrogens with zero attached hydrogens (tertiary/aromatic N) is 3. The van der Waals surface area contributed by atoms with Crippen LogP contribution in [0, 0.1) is 5.82 Å². The zero-order valence-corrected chi connectivity index (χ0v) is 18.7. The molecule has 2 fully saturated rings. The molecule has 2 aliphatic rings. The largest absolute Gasteiger partial charge is 0.493 e. The SMILES string of the molecule is COc1cc2ncnc(Nc3cccc(Cl)c3F)c2cc1O[C@H]1CC[C@@H](N2CCC2)CC1. The fourth-order valence-electron chi connectivity index (χ4n) is 4.56. The molecule has 0 atom stereocenters. The van der Waals surface area contributed by atoms with E-state index in [1.165, 1.54) is 31.9 Å². The number of likely N-dealkylation sites (tertiary alicyclic amines) is 1. The Morgan fingerprint density at radius 3 is 2.62 bits per heavy atom. The maximum Gasteiger partial charge on any atom is 0.165 e. The van der Waals surface area contributed by atoms with Crippen molar-refractivity contribution in [2.75, 3.05) is 25.5 Å². The first-order valence-corrected chi connectivity index (χ1v) is 11.4. The normalized spacial score (nSPS) is 21.2. The number of benzene rings is 2. The lowest BCUT2D eigenvalue weighted by Gasteiger charge is -2.41. The van der Waals surface area contributed by atoms with Gasteiger partial charge in [-0.1, -0.05) is 17.7 Å². The van der Waals surface area contributed by atoms with Gasteiger partial charge in [0, 0.05) is 17.5 Å². The van der Waals surface area contributed by atoms with Gasteiger partial charge in [0.05, 0.1) is 29.4 Å². The summed E-state index contributed by atoms with van der Waals surface area (Å²) >= 11 is 5.93. The van der Waals surface area contributed by atoms with Crippen LogP contribution in [0.1, 0.15) is 32.1 Å². The van der Waals surface area contributed by atoms with Gasteiger partial charge < -0.3 is 19.7 Å². The number of aromatic nitrogens is 2. The molecule has 1 aromatic heterocycles. The molecule has 1 saturated heterocycles. The topological polar surface area (TPSA) is 59.5 Å². The summed E-state index contributed by atoms with van der Waals surface area (Å²) in [5.41, 5.74) is 0.927. The van der Waals surface area contributed by atoms with Gasteiger partial charge in [0.25, 0.3) is 0 Å². The fourth-order valence-corrected chi connectivity index (χ4v) is 4.73. The molecule has 1 aliphatic carbocycles. The van der Waals surface area contributed by atoms with Crippen molar-refractivity contribution in [3.05, 3.63) is 47.5 Å². The molecule has 168 valence electrons. The van der Waals surface area contributed by atoms with E-state index in [1.54, 1.807) is 19.2 Å². The summed E-state index contributed by atoms with van der Waals surface area (Å²) in [6, 6.07) is 9.21. The molecule has 3 aromatic rings. The Kier molecular flexibility index (Phi) is 6.02. The number of ether oxygens (including phenoxy) is 2. The van der Waals surface area contributed by atoms with Gasteiger partial charge in [-0.15, -0.1) is 0 Å². The first kappa shape index (κ1) is 21.2. The van der Waals surface area contributed by atoms with Gasteiger partial charge in [-0.25, -0.2) is 14.4 Å². The number of nitrogens with one attached hydrogen (secondary N) is 1. The fraction of sp³-hybridized carbons (Fsp3) is 0.417. The van der Waals surface area contributed by atoms with Crippen molar-refractivity contribution in [1.82, 2.24) is 14.9 Å². The molecule has 0 bridgehead atoms. The molecule has 0 radical (unpaired) electrons. The van der Waals surface area contributed by atoms with E-state index in [0.29, 0.717) is 28.9 Å². The van der Waals surface area contributed by atoms with E-state index in [1.807, 2.05) is 12.1 Å². The van der Waals surface area contributed by atoms with Crippen LogP contribution >= 0.6 is 11.6 Å². The molecule has 0 spiro atoms. The maximum atomic E-state index is 14.4. The number of halogens is 2. The predicted molar refractivity (Wildman–Crippen MR) is 124 cm³/mol. The zero-order chi connectivity index (χ0) is 22.1. The average Bonchev–Trinajstić information content (AvgIpc) is 2.77. The van der Waals surface area contributed by atoms with Crippen molar-refractivity contribution in [1.29, 1.82) is 0 Å². The molecule has 0 amide bonds. The van der Waals surface area contributed by atoms with Crippen molar-refractivity contribution >= 4 is 34.0 Å². The van der Waals surface area contributed by atoms with E-state index >= 15 is 0 Å². The highest BCUT2D eigenvalue weighted by molar-refractivity contribution is 6.31. The Balaban J connectivity index is 1.40. The summed E-state index contributed by atoms with van der Waals surface area (Å²) in [7, 11) is 1.62. The van der Waals surface area contributed by atoms with Gasteiger partial charge in [-0.05, 0) is 63.4 Å². The molecule has 1 saturated carbocycles.